The van der Waals surface area contributed by atoms with Crippen LogP contribution in [0.15, 0.2) is 22.0 Å². The molecule has 0 aliphatic rings. The molecule has 0 N–H and O–H groups in total. The Labute approximate surface area is 88.3 Å². The Morgan fingerprint density at radius 1 is 1.42 bits per heavy atom. The molecular weight excluding hydrogens is 256 g/mol. The Morgan fingerprint density at radius 3 is 2.92 bits per heavy atom. The van der Waals surface area contributed by atoms with E-state index in [1.54, 1.807) is 11.3 Å². The van der Waals surface area contributed by atoms with Crippen molar-refractivity contribution in [1.29, 1.82) is 0 Å². The summed E-state index contributed by atoms with van der Waals surface area (Å²) in [5.74, 6) is 0. The molecule has 0 saturated heterocycles. The predicted molar refractivity (Wildman–Crippen MR) is 59.3 cm³/mol. The maximum atomic E-state index is 6.01. The second-order valence-corrected chi connectivity index (χ2v) is 4.85. The van der Waals surface area contributed by atoms with Gasteiger partial charge in [-0.1, -0.05) is 11.6 Å². The van der Waals surface area contributed by atoms with E-state index in [2.05, 4.69) is 35.0 Å². The van der Waals surface area contributed by atoms with Crippen LogP contribution >= 0.6 is 38.9 Å². The topological polar surface area (TPSA) is 0 Å². The average Bonchev–Trinajstić information content (AvgIpc) is 2.33. The van der Waals surface area contributed by atoms with Crippen LogP contribution in [0.5, 0.6) is 0 Å². The van der Waals surface area contributed by atoms with E-state index in [9.17, 15) is 0 Å². The van der Waals surface area contributed by atoms with E-state index < -0.39 is 0 Å². The molecule has 0 aliphatic carbocycles. The minimum Gasteiger partial charge on any atom is -0.141 e. The zero-order valence-electron chi connectivity index (χ0n) is 6.40. The minimum absolute atomic E-state index is 0.847. The number of benzene rings is 1. The lowest BCUT2D eigenvalue weighted by Crippen LogP contribution is -1.72. The monoisotopic (exact) mass is 260 g/mol. The van der Waals surface area contributed by atoms with Crippen LogP contribution in [0.4, 0.5) is 0 Å². The van der Waals surface area contributed by atoms with Gasteiger partial charge in [-0.15, -0.1) is 11.3 Å². The number of hydrogen-bond acceptors (Lipinski definition) is 1. The van der Waals surface area contributed by atoms with Gasteiger partial charge < -0.3 is 0 Å². The first-order valence-electron chi connectivity index (χ1n) is 3.51. The van der Waals surface area contributed by atoms with Crippen LogP contribution in [0.2, 0.25) is 5.02 Å². The largest absolute Gasteiger partial charge is 0.141 e. The van der Waals surface area contributed by atoms with Crippen molar-refractivity contribution in [2.75, 3.05) is 0 Å². The van der Waals surface area contributed by atoms with Crippen molar-refractivity contribution < 1.29 is 0 Å². The fraction of sp³-hybridized carbons (Fsp3) is 0.111. The summed E-state index contributed by atoms with van der Waals surface area (Å²) < 4.78 is 2.36. The summed E-state index contributed by atoms with van der Waals surface area (Å²) in [6.07, 6.45) is 0. The number of rotatable bonds is 0. The number of aryl methyl sites for hydroxylation is 1. The van der Waals surface area contributed by atoms with Crippen molar-refractivity contribution in [1.82, 2.24) is 0 Å². The lowest BCUT2D eigenvalue weighted by atomic mass is 10.2. The van der Waals surface area contributed by atoms with Gasteiger partial charge >= 0.3 is 0 Å². The quantitative estimate of drug-likeness (QED) is 0.649. The van der Waals surface area contributed by atoms with Gasteiger partial charge in [-0.05, 0) is 40.5 Å². The first kappa shape index (κ1) is 8.54. The highest BCUT2D eigenvalue weighted by molar-refractivity contribution is 9.10. The molecule has 0 atom stereocenters. The molecule has 0 aliphatic heterocycles. The maximum absolute atomic E-state index is 6.01. The predicted octanol–water partition coefficient (Wildman–Crippen LogP) is 4.63. The Hall–Kier alpha value is -0.0500. The second-order valence-electron chi connectivity index (χ2n) is 2.71. The van der Waals surface area contributed by atoms with Crippen molar-refractivity contribution in [3.8, 4) is 0 Å². The van der Waals surface area contributed by atoms with Crippen molar-refractivity contribution in [3.05, 3.63) is 32.6 Å². The summed E-state index contributed by atoms with van der Waals surface area (Å²) in [7, 11) is 0. The van der Waals surface area contributed by atoms with E-state index in [-0.39, 0.29) is 0 Å². The van der Waals surface area contributed by atoms with E-state index in [4.69, 9.17) is 11.6 Å². The molecule has 0 amide bonds. The normalized spacial score (nSPS) is 10.9. The molecule has 0 saturated carbocycles. The van der Waals surface area contributed by atoms with Crippen molar-refractivity contribution in [2.45, 2.75) is 6.92 Å². The molecule has 0 fully saturated rings. The van der Waals surface area contributed by atoms with E-state index in [0.717, 1.165) is 14.9 Å². The van der Waals surface area contributed by atoms with Gasteiger partial charge in [0.15, 0.2) is 0 Å². The van der Waals surface area contributed by atoms with Gasteiger partial charge in [-0.25, -0.2) is 0 Å². The van der Waals surface area contributed by atoms with Crippen LogP contribution in [0.25, 0.3) is 10.1 Å². The molecular formula is C9H6BrClS. The van der Waals surface area contributed by atoms with Crippen molar-refractivity contribution in [3.63, 3.8) is 0 Å². The van der Waals surface area contributed by atoms with Gasteiger partial charge in [0.05, 0.1) is 9.72 Å². The van der Waals surface area contributed by atoms with Crippen LogP contribution in [0.3, 0.4) is 0 Å². The van der Waals surface area contributed by atoms with Gasteiger partial charge in [0, 0.05) is 15.2 Å². The lowest BCUT2D eigenvalue weighted by Gasteiger charge is -1.96. The summed E-state index contributed by atoms with van der Waals surface area (Å²) in [6, 6.07) is 4.22. The average molecular weight is 262 g/mol. The molecule has 0 radical (unpaired) electrons. The van der Waals surface area contributed by atoms with E-state index in [1.165, 1.54) is 10.3 Å². The summed E-state index contributed by atoms with van der Waals surface area (Å²) in [5, 5.41) is 3.96. The third-order valence-electron chi connectivity index (χ3n) is 1.73. The zero-order chi connectivity index (χ0) is 8.72. The van der Waals surface area contributed by atoms with Crippen LogP contribution in [-0.4, -0.2) is 0 Å². The minimum atomic E-state index is 0.847. The highest BCUT2D eigenvalue weighted by atomic mass is 79.9. The summed E-state index contributed by atoms with van der Waals surface area (Å²) in [6.45, 7) is 2.07. The lowest BCUT2D eigenvalue weighted by molar-refractivity contribution is 1.50. The Balaban J connectivity index is 2.92. The molecule has 1 aromatic heterocycles. The van der Waals surface area contributed by atoms with Crippen LogP contribution < -0.4 is 0 Å². The first-order chi connectivity index (χ1) is 5.68. The highest BCUT2D eigenvalue weighted by Crippen LogP contribution is 2.35. The highest BCUT2D eigenvalue weighted by Gasteiger charge is 2.05. The third kappa shape index (κ3) is 1.28. The standard InChI is InChI=1S/C9H6BrClS/c1-5-2-6-8(11)4-12-9(6)7(10)3-5/h2-4H,1H3. The Morgan fingerprint density at radius 2 is 2.17 bits per heavy atom. The molecule has 0 spiro atoms. The van der Waals surface area contributed by atoms with Crippen molar-refractivity contribution in [2.24, 2.45) is 0 Å². The van der Waals surface area contributed by atoms with E-state index in [1.807, 2.05) is 5.38 Å². The Kier molecular flexibility index (Phi) is 2.15. The van der Waals surface area contributed by atoms with E-state index >= 15 is 0 Å². The molecule has 62 valence electrons. The van der Waals surface area contributed by atoms with Crippen LogP contribution in [0, 0.1) is 6.92 Å². The second kappa shape index (κ2) is 3.02. The first-order valence-corrected chi connectivity index (χ1v) is 5.56. The van der Waals surface area contributed by atoms with Gasteiger partial charge in [0.2, 0.25) is 0 Å². The maximum Gasteiger partial charge on any atom is 0.0592 e. The molecule has 0 bridgehead atoms. The SMILES string of the molecule is Cc1cc(Br)c2scc(Cl)c2c1. The molecule has 3 heteroatoms. The third-order valence-corrected chi connectivity index (χ3v) is 4.08. The molecule has 0 nitrogen and oxygen atoms in total. The van der Waals surface area contributed by atoms with Gasteiger partial charge in [-0.2, -0.15) is 0 Å². The summed E-state index contributed by atoms with van der Waals surface area (Å²) in [5.41, 5.74) is 1.23. The fourth-order valence-electron chi connectivity index (χ4n) is 1.20. The molecule has 12 heavy (non-hydrogen) atoms. The fourth-order valence-corrected chi connectivity index (χ4v) is 3.21. The smallest absolute Gasteiger partial charge is 0.0592 e. The molecule has 1 aromatic carbocycles. The summed E-state index contributed by atoms with van der Waals surface area (Å²) in [4.78, 5) is 0. The Bertz CT molecular complexity index is 433. The number of thiophene rings is 1. The number of hydrogen-bond donors (Lipinski definition) is 0. The van der Waals surface area contributed by atoms with E-state index in [0.29, 0.717) is 0 Å². The number of halogens is 2. The van der Waals surface area contributed by atoms with Gasteiger partial charge in [0.1, 0.15) is 0 Å². The van der Waals surface area contributed by atoms with Crippen molar-refractivity contribution >= 4 is 49.0 Å². The zero-order valence-corrected chi connectivity index (χ0v) is 9.55. The molecule has 2 rings (SSSR count). The van der Waals surface area contributed by atoms with Gasteiger partial charge in [-0.3, -0.25) is 0 Å². The molecule has 1 heterocycles. The van der Waals surface area contributed by atoms with Crippen LogP contribution in [-0.2, 0) is 0 Å². The van der Waals surface area contributed by atoms with Gasteiger partial charge in [0.25, 0.3) is 0 Å². The van der Waals surface area contributed by atoms with Crippen LogP contribution in [0.1, 0.15) is 5.56 Å². The molecule has 2 aromatic rings. The number of fused-ring (bicyclic) bond motifs is 1. The molecule has 0 unspecified atom stereocenters. The summed E-state index contributed by atoms with van der Waals surface area (Å²) >= 11 is 11.2.